The molecule has 2 unspecified atom stereocenters. The van der Waals surface area contributed by atoms with Crippen LogP contribution in [-0.4, -0.2) is 55.9 Å². The van der Waals surface area contributed by atoms with Crippen molar-refractivity contribution < 1.29 is 22.0 Å². The summed E-state index contributed by atoms with van der Waals surface area (Å²) >= 11 is 0. The summed E-state index contributed by atoms with van der Waals surface area (Å²) < 4.78 is 52.7. The average Bonchev–Trinajstić information content (AvgIpc) is 3.52. The van der Waals surface area contributed by atoms with Gasteiger partial charge in [0.05, 0.1) is 22.3 Å². The van der Waals surface area contributed by atoms with E-state index in [1.165, 1.54) is 4.90 Å². The third kappa shape index (κ3) is 2.69. The van der Waals surface area contributed by atoms with E-state index in [0.717, 1.165) is 0 Å². The maximum atomic E-state index is 14.5. The number of halogens is 2. The van der Waals surface area contributed by atoms with Crippen LogP contribution in [0, 0.1) is 5.92 Å². The second-order valence-electron chi connectivity index (χ2n) is 7.51. The highest BCUT2D eigenvalue weighted by molar-refractivity contribution is 7.92. The Hall–Kier alpha value is -1.70. The number of piperidine rings is 1. The maximum Gasteiger partial charge on any atom is 0.317 e. The van der Waals surface area contributed by atoms with Crippen molar-refractivity contribution in [3.63, 3.8) is 0 Å². The number of benzene rings is 1. The van der Waals surface area contributed by atoms with E-state index in [2.05, 4.69) is 5.32 Å². The van der Waals surface area contributed by atoms with E-state index >= 15 is 0 Å². The minimum Gasteiger partial charge on any atom is -0.337 e. The molecule has 26 heavy (non-hydrogen) atoms. The Bertz CT molecular complexity index is 811. The molecule has 1 aromatic carbocycles. The van der Waals surface area contributed by atoms with Gasteiger partial charge in [-0.05, 0) is 24.8 Å². The van der Waals surface area contributed by atoms with Crippen LogP contribution in [0.5, 0.6) is 0 Å². The number of fused-ring (bicyclic) bond motifs is 1. The number of hydrogen-bond acceptors (Lipinski definition) is 3. The Morgan fingerprint density at radius 3 is 2.54 bits per heavy atom. The van der Waals surface area contributed by atoms with E-state index in [0.29, 0.717) is 18.4 Å². The zero-order valence-corrected chi connectivity index (χ0v) is 15.1. The average molecular weight is 384 g/mol. The zero-order chi connectivity index (χ0) is 18.6. The Kier molecular flexibility index (Phi) is 4.02. The summed E-state index contributed by atoms with van der Waals surface area (Å²) in [6.07, 6.45) is 1.60. The summed E-state index contributed by atoms with van der Waals surface area (Å²) in [5, 5.41) is 2.31. The van der Waals surface area contributed by atoms with Crippen molar-refractivity contribution in [2.24, 2.45) is 5.92 Å². The van der Waals surface area contributed by atoms with Crippen molar-refractivity contribution in [2.45, 2.75) is 35.8 Å². The van der Waals surface area contributed by atoms with Gasteiger partial charge in [-0.15, -0.1) is 0 Å². The van der Waals surface area contributed by atoms with Crippen LogP contribution in [0.25, 0.3) is 0 Å². The van der Waals surface area contributed by atoms with Crippen LogP contribution in [0.3, 0.4) is 0 Å². The fraction of sp³-hybridized carbons (Fsp3) is 0.611. The molecular weight excluding hydrogens is 362 g/mol. The Morgan fingerprint density at radius 1 is 1.23 bits per heavy atom. The van der Waals surface area contributed by atoms with Crippen molar-refractivity contribution in [3.05, 3.63) is 35.9 Å². The summed E-state index contributed by atoms with van der Waals surface area (Å²) in [6, 6.07) is 8.32. The number of alkyl halides is 2. The van der Waals surface area contributed by atoms with Crippen molar-refractivity contribution in [1.29, 1.82) is 0 Å². The standard InChI is InChI=1S/C18H22F2N2O3S/c19-18(20)15-12-22(10-8-17(15,18)13-4-2-1-3-5-13)16(23)21-9-11-26(24,25)14-6-7-14/h1-5,14-15H,6-12H2,(H,21,23). The molecule has 2 saturated carbocycles. The van der Waals surface area contributed by atoms with E-state index in [4.69, 9.17) is 0 Å². The number of nitrogens with one attached hydrogen (secondary N) is 1. The van der Waals surface area contributed by atoms with Crippen molar-refractivity contribution in [2.75, 3.05) is 25.4 Å². The molecule has 4 rings (SSSR count). The van der Waals surface area contributed by atoms with Gasteiger partial charge in [0.1, 0.15) is 0 Å². The topological polar surface area (TPSA) is 66.5 Å². The fourth-order valence-corrected chi connectivity index (χ4v) is 5.81. The summed E-state index contributed by atoms with van der Waals surface area (Å²) in [6.45, 7) is 0.254. The van der Waals surface area contributed by atoms with Crippen LogP contribution < -0.4 is 5.32 Å². The van der Waals surface area contributed by atoms with Crippen molar-refractivity contribution in [3.8, 4) is 0 Å². The number of likely N-dealkylation sites (tertiary alicyclic amines) is 1. The summed E-state index contributed by atoms with van der Waals surface area (Å²) in [4.78, 5) is 13.6. The number of sulfone groups is 1. The van der Waals surface area contributed by atoms with Gasteiger partial charge in [-0.3, -0.25) is 0 Å². The summed E-state index contributed by atoms with van der Waals surface area (Å²) in [5.74, 6) is -3.80. The van der Waals surface area contributed by atoms with Gasteiger partial charge in [-0.1, -0.05) is 30.3 Å². The lowest BCUT2D eigenvalue weighted by molar-refractivity contribution is 0.0776. The first-order valence-electron chi connectivity index (χ1n) is 8.97. The molecule has 0 spiro atoms. The molecule has 1 aliphatic heterocycles. The van der Waals surface area contributed by atoms with Gasteiger partial charge in [-0.2, -0.15) is 0 Å². The molecule has 2 atom stereocenters. The predicted octanol–water partition coefficient (Wildman–Crippen LogP) is 2.18. The minimum absolute atomic E-state index is 0.0108. The SMILES string of the molecule is O=C(NCCS(=O)(=O)C1CC1)N1CCC2(c3ccccc3)C(C1)C2(F)F. The molecule has 1 aromatic rings. The molecule has 3 aliphatic rings. The van der Waals surface area contributed by atoms with E-state index in [-0.39, 0.29) is 37.1 Å². The second kappa shape index (κ2) is 5.90. The lowest BCUT2D eigenvalue weighted by Crippen LogP contribution is -2.46. The normalized spacial score (nSPS) is 29.8. The van der Waals surface area contributed by atoms with Crippen LogP contribution >= 0.6 is 0 Å². The molecule has 1 saturated heterocycles. The lowest BCUT2D eigenvalue weighted by Gasteiger charge is -2.30. The van der Waals surface area contributed by atoms with Gasteiger partial charge in [0.2, 0.25) is 0 Å². The third-order valence-electron chi connectivity index (χ3n) is 5.99. The second-order valence-corrected chi connectivity index (χ2v) is 9.91. The highest BCUT2D eigenvalue weighted by Crippen LogP contribution is 2.70. The van der Waals surface area contributed by atoms with Crippen LogP contribution in [0.1, 0.15) is 24.8 Å². The van der Waals surface area contributed by atoms with E-state index in [1.54, 1.807) is 30.3 Å². The largest absolute Gasteiger partial charge is 0.337 e. The Morgan fingerprint density at radius 2 is 1.92 bits per heavy atom. The molecule has 0 radical (unpaired) electrons. The first kappa shape index (κ1) is 17.7. The maximum absolute atomic E-state index is 14.5. The molecule has 8 heteroatoms. The Labute approximate surface area is 151 Å². The first-order chi connectivity index (χ1) is 12.3. The first-order valence-corrected chi connectivity index (χ1v) is 10.7. The molecule has 5 nitrogen and oxygen atoms in total. The molecule has 3 fully saturated rings. The monoisotopic (exact) mass is 384 g/mol. The quantitative estimate of drug-likeness (QED) is 0.846. The molecule has 0 aromatic heterocycles. The van der Waals surface area contributed by atoms with Crippen LogP contribution in [-0.2, 0) is 15.3 Å². The van der Waals surface area contributed by atoms with Crippen molar-refractivity contribution in [1.82, 2.24) is 10.2 Å². The number of rotatable bonds is 5. The molecule has 142 valence electrons. The molecule has 2 aliphatic carbocycles. The summed E-state index contributed by atoms with van der Waals surface area (Å²) in [5.41, 5.74) is -0.536. The molecule has 1 heterocycles. The van der Waals surface area contributed by atoms with E-state index in [9.17, 15) is 22.0 Å². The smallest absolute Gasteiger partial charge is 0.317 e. The van der Waals surface area contributed by atoms with Crippen LogP contribution in [0.4, 0.5) is 13.6 Å². The van der Waals surface area contributed by atoms with Gasteiger partial charge in [0.25, 0.3) is 5.92 Å². The molecule has 0 bridgehead atoms. The van der Waals surface area contributed by atoms with Gasteiger partial charge >= 0.3 is 6.03 Å². The van der Waals surface area contributed by atoms with Crippen molar-refractivity contribution >= 4 is 15.9 Å². The predicted molar refractivity (Wildman–Crippen MR) is 93.0 cm³/mol. The van der Waals surface area contributed by atoms with Gasteiger partial charge < -0.3 is 10.2 Å². The van der Waals surface area contributed by atoms with Crippen LogP contribution in [0.15, 0.2) is 30.3 Å². The van der Waals surface area contributed by atoms with E-state index < -0.39 is 33.1 Å². The number of urea groups is 1. The molecule has 2 amide bonds. The zero-order valence-electron chi connectivity index (χ0n) is 14.3. The van der Waals surface area contributed by atoms with Crippen LogP contribution in [0.2, 0.25) is 0 Å². The van der Waals surface area contributed by atoms with Gasteiger partial charge in [0, 0.05) is 19.6 Å². The summed E-state index contributed by atoms with van der Waals surface area (Å²) in [7, 11) is -3.13. The third-order valence-corrected chi connectivity index (χ3v) is 8.25. The number of hydrogen-bond donors (Lipinski definition) is 1. The Balaban J connectivity index is 1.36. The number of carbonyl (C=O) groups is 1. The number of carbonyl (C=O) groups excluding carboxylic acids is 1. The van der Waals surface area contributed by atoms with Gasteiger partial charge in [0.15, 0.2) is 9.84 Å². The number of nitrogens with zero attached hydrogens (tertiary/aromatic N) is 1. The van der Waals surface area contributed by atoms with E-state index in [1.807, 2.05) is 0 Å². The highest BCUT2D eigenvalue weighted by atomic mass is 32.2. The molecular formula is C18H22F2N2O3S. The van der Waals surface area contributed by atoms with Gasteiger partial charge in [-0.25, -0.2) is 22.0 Å². The highest BCUT2D eigenvalue weighted by Gasteiger charge is 2.81. The fourth-order valence-electron chi connectivity index (χ4n) is 4.23. The lowest BCUT2D eigenvalue weighted by atomic mass is 9.87. The minimum atomic E-state index is -3.13. The molecule has 1 N–H and O–H groups in total. The number of amides is 2.